The number of anilines is 1. The highest BCUT2D eigenvalue weighted by atomic mass is 16.5. The van der Waals surface area contributed by atoms with Gasteiger partial charge in [0, 0.05) is 30.9 Å². The van der Waals surface area contributed by atoms with Crippen LogP contribution >= 0.6 is 0 Å². The molecular formula is C34H51N3O2. The number of allylic oxidation sites excluding steroid dienone is 1. The van der Waals surface area contributed by atoms with Crippen molar-refractivity contribution in [3.63, 3.8) is 0 Å². The maximum atomic E-state index is 13.2. The molecule has 5 nitrogen and oxygen atoms in total. The summed E-state index contributed by atoms with van der Waals surface area (Å²) in [5.41, 5.74) is 5.79. The Labute approximate surface area is 237 Å². The van der Waals surface area contributed by atoms with E-state index in [9.17, 15) is 4.79 Å². The van der Waals surface area contributed by atoms with Gasteiger partial charge in [0.15, 0.2) is 0 Å². The first kappa shape index (κ1) is 30.7. The Kier molecular flexibility index (Phi) is 13.4. The topological polar surface area (TPSA) is 53.6 Å². The fourth-order valence-corrected chi connectivity index (χ4v) is 5.39. The third-order valence-electron chi connectivity index (χ3n) is 7.50. The van der Waals surface area contributed by atoms with Crippen molar-refractivity contribution < 1.29 is 9.53 Å². The number of carbonyl (C=O) groups is 1. The van der Waals surface area contributed by atoms with Gasteiger partial charge < -0.3 is 20.3 Å². The number of hydrogen-bond acceptors (Lipinski definition) is 4. The first-order valence-electron chi connectivity index (χ1n) is 15.4. The van der Waals surface area contributed by atoms with Crippen LogP contribution in [0.3, 0.4) is 0 Å². The van der Waals surface area contributed by atoms with Crippen LogP contribution in [-0.2, 0) is 17.6 Å². The van der Waals surface area contributed by atoms with Crippen molar-refractivity contribution in [3.05, 3.63) is 65.2 Å². The summed E-state index contributed by atoms with van der Waals surface area (Å²) >= 11 is 0. The van der Waals surface area contributed by atoms with E-state index >= 15 is 0 Å². The molecule has 0 bridgehead atoms. The average molecular weight is 534 g/mol. The van der Waals surface area contributed by atoms with Gasteiger partial charge in [0.2, 0.25) is 0 Å². The van der Waals surface area contributed by atoms with Crippen molar-refractivity contribution >= 4 is 17.2 Å². The predicted molar refractivity (Wildman–Crippen MR) is 166 cm³/mol. The minimum absolute atomic E-state index is 0.0340. The number of amides is 1. The highest BCUT2D eigenvalue weighted by Gasteiger charge is 2.23. The molecule has 1 amide bonds. The first-order chi connectivity index (χ1) is 19.1. The van der Waals surface area contributed by atoms with Gasteiger partial charge in [-0.25, -0.2) is 0 Å². The van der Waals surface area contributed by atoms with Crippen LogP contribution < -0.4 is 20.3 Å². The van der Waals surface area contributed by atoms with E-state index in [0.29, 0.717) is 12.5 Å². The normalized spacial score (nSPS) is 14.5. The standard InChI is InChI=1S/C34H51N3O2/c1-5-8-9-10-19-35-20-12-24-39-30-17-15-29(16-18-30)37(22-6-2)23-21-36-34(38)33-26-27(4)25-32-28(7-3)13-11-14-31(32)33/h11,13-18,26-27,35H,5-10,12,19-25H2,1-4H3,(H,36,38). The van der Waals surface area contributed by atoms with Crippen LogP contribution in [0.5, 0.6) is 5.75 Å². The van der Waals surface area contributed by atoms with E-state index in [4.69, 9.17) is 4.74 Å². The van der Waals surface area contributed by atoms with E-state index in [1.807, 2.05) is 0 Å². The van der Waals surface area contributed by atoms with Gasteiger partial charge in [0.05, 0.1) is 6.61 Å². The third-order valence-corrected chi connectivity index (χ3v) is 7.50. The second kappa shape index (κ2) is 17.0. The predicted octanol–water partition coefficient (Wildman–Crippen LogP) is 6.80. The van der Waals surface area contributed by atoms with Crippen LogP contribution in [-0.4, -0.2) is 45.2 Å². The summed E-state index contributed by atoms with van der Waals surface area (Å²) in [4.78, 5) is 15.6. The zero-order valence-electron chi connectivity index (χ0n) is 24.9. The van der Waals surface area contributed by atoms with Gasteiger partial charge in [-0.2, -0.15) is 0 Å². The lowest BCUT2D eigenvalue weighted by Crippen LogP contribution is -2.36. The highest BCUT2D eigenvalue weighted by molar-refractivity contribution is 6.20. The van der Waals surface area contributed by atoms with Gasteiger partial charge in [-0.1, -0.05) is 71.2 Å². The minimum atomic E-state index is 0.0340. The Morgan fingerprint density at radius 3 is 2.46 bits per heavy atom. The molecule has 0 radical (unpaired) electrons. The number of benzene rings is 2. The van der Waals surface area contributed by atoms with Crippen LogP contribution in [0.1, 0.15) is 82.9 Å². The molecule has 0 fully saturated rings. The number of carbonyl (C=O) groups excluding carboxylic acids is 1. The molecule has 3 rings (SSSR count). The molecule has 0 saturated heterocycles. The fraction of sp³-hybridized carbons (Fsp3) is 0.559. The number of nitrogens with one attached hydrogen (secondary N) is 2. The molecule has 1 unspecified atom stereocenters. The summed E-state index contributed by atoms with van der Waals surface area (Å²) in [7, 11) is 0. The van der Waals surface area contributed by atoms with E-state index in [1.165, 1.54) is 36.8 Å². The zero-order chi connectivity index (χ0) is 27.9. The Balaban J connectivity index is 1.45. The Morgan fingerprint density at radius 2 is 1.72 bits per heavy atom. The number of hydrogen-bond donors (Lipinski definition) is 2. The molecule has 214 valence electrons. The lowest BCUT2D eigenvalue weighted by Gasteiger charge is -2.26. The number of aryl methyl sites for hydroxylation is 1. The summed E-state index contributed by atoms with van der Waals surface area (Å²) in [5.74, 6) is 1.32. The number of ether oxygens (including phenoxy) is 1. The van der Waals surface area contributed by atoms with Crippen molar-refractivity contribution in [2.24, 2.45) is 5.92 Å². The van der Waals surface area contributed by atoms with E-state index in [-0.39, 0.29) is 5.91 Å². The van der Waals surface area contributed by atoms with Crippen LogP contribution in [0.25, 0.3) is 5.57 Å². The maximum Gasteiger partial charge on any atom is 0.251 e. The van der Waals surface area contributed by atoms with Crippen molar-refractivity contribution in [1.82, 2.24) is 10.6 Å². The van der Waals surface area contributed by atoms with Crippen molar-refractivity contribution in [3.8, 4) is 5.75 Å². The molecule has 0 heterocycles. The third kappa shape index (κ3) is 9.72. The van der Waals surface area contributed by atoms with Crippen LogP contribution in [0.15, 0.2) is 48.5 Å². The molecule has 39 heavy (non-hydrogen) atoms. The van der Waals surface area contributed by atoms with E-state index in [1.54, 1.807) is 0 Å². The van der Waals surface area contributed by atoms with Gasteiger partial charge in [0.1, 0.15) is 5.75 Å². The second-order valence-corrected chi connectivity index (χ2v) is 10.8. The van der Waals surface area contributed by atoms with Crippen molar-refractivity contribution in [2.45, 2.75) is 79.1 Å². The molecule has 0 aromatic heterocycles. The molecule has 1 aliphatic carbocycles. The Morgan fingerprint density at radius 1 is 0.923 bits per heavy atom. The Hall–Kier alpha value is -2.79. The molecule has 1 atom stereocenters. The van der Waals surface area contributed by atoms with Gasteiger partial charge in [-0.05, 0) is 92.1 Å². The monoisotopic (exact) mass is 533 g/mol. The zero-order valence-corrected chi connectivity index (χ0v) is 24.9. The number of unbranched alkanes of at least 4 members (excludes halogenated alkanes) is 3. The van der Waals surface area contributed by atoms with Gasteiger partial charge >= 0.3 is 0 Å². The number of nitrogens with zero attached hydrogens (tertiary/aromatic N) is 1. The van der Waals surface area contributed by atoms with E-state index in [2.05, 4.69) is 91.8 Å². The summed E-state index contributed by atoms with van der Waals surface area (Å²) in [6.45, 7) is 14.0. The molecule has 5 heteroatoms. The summed E-state index contributed by atoms with van der Waals surface area (Å²) < 4.78 is 5.96. The van der Waals surface area contributed by atoms with Crippen LogP contribution in [0.2, 0.25) is 0 Å². The number of rotatable bonds is 18. The molecule has 2 aromatic rings. The van der Waals surface area contributed by atoms with E-state index < -0.39 is 0 Å². The summed E-state index contributed by atoms with van der Waals surface area (Å²) in [6.07, 6.45) is 11.4. The lowest BCUT2D eigenvalue weighted by molar-refractivity contribution is -0.115. The first-order valence-corrected chi connectivity index (χ1v) is 15.4. The van der Waals surface area contributed by atoms with Gasteiger partial charge in [-0.3, -0.25) is 4.79 Å². The summed E-state index contributed by atoms with van der Waals surface area (Å²) in [6, 6.07) is 14.8. The molecule has 0 saturated carbocycles. The summed E-state index contributed by atoms with van der Waals surface area (Å²) in [5, 5.41) is 6.71. The van der Waals surface area contributed by atoms with E-state index in [0.717, 1.165) is 81.0 Å². The average Bonchev–Trinajstić information content (AvgIpc) is 2.95. The van der Waals surface area contributed by atoms with Crippen molar-refractivity contribution in [1.29, 1.82) is 0 Å². The number of fused-ring (bicyclic) bond motifs is 1. The molecule has 0 aliphatic heterocycles. The quantitative estimate of drug-likeness (QED) is 0.207. The highest BCUT2D eigenvalue weighted by Crippen LogP contribution is 2.32. The Bertz CT molecular complexity index is 1030. The lowest BCUT2D eigenvalue weighted by atomic mass is 9.82. The largest absolute Gasteiger partial charge is 0.494 e. The van der Waals surface area contributed by atoms with Crippen LogP contribution in [0.4, 0.5) is 5.69 Å². The fourth-order valence-electron chi connectivity index (χ4n) is 5.39. The SMILES string of the molecule is CCCCCCNCCCOc1ccc(N(CCC)CCNC(=O)C2=CC(C)Cc3c(CC)cccc32)cc1. The molecular weight excluding hydrogens is 482 g/mol. The van der Waals surface area contributed by atoms with Gasteiger partial charge in [-0.15, -0.1) is 0 Å². The van der Waals surface area contributed by atoms with Gasteiger partial charge in [0.25, 0.3) is 5.91 Å². The van der Waals surface area contributed by atoms with Crippen LogP contribution in [0, 0.1) is 5.92 Å². The second-order valence-electron chi connectivity index (χ2n) is 10.8. The molecule has 1 aliphatic rings. The maximum absolute atomic E-state index is 13.2. The molecule has 0 spiro atoms. The smallest absolute Gasteiger partial charge is 0.251 e. The minimum Gasteiger partial charge on any atom is -0.494 e. The van der Waals surface area contributed by atoms with Crippen molar-refractivity contribution in [2.75, 3.05) is 44.2 Å². The molecule has 2 aromatic carbocycles. The molecule has 2 N–H and O–H groups in total.